The van der Waals surface area contributed by atoms with E-state index in [0.717, 1.165) is 12.1 Å². The molecule has 0 saturated carbocycles. The van der Waals surface area contributed by atoms with Crippen LogP contribution in [-0.2, 0) is 11.0 Å². The van der Waals surface area contributed by atoms with E-state index in [1.165, 1.54) is 18.6 Å². The molecule has 2 unspecified atom stereocenters. The highest BCUT2D eigenvalue weighted by atomic mass is 19.4. The van der Waals surface area contributed by atoms with Gasteiger partial charge in [0.2, 0.25) is 11.8 Å². The molecule has 2 aromatic rings. The number of likely N-dealkylation sites (N-methyl/N-ethyl adjacent to an activating group) is 1. The normalized spacial score (nSPS) is 20.2. The number of pyridine rings is 1. The van der Waals surface area contributed by atoms with Crippen LogP contribution in [0.5, 0.6) is 5.88 Å². The zero-order chi connectivity index (χ0) is 24.4. The summed E-state index contributed by atoms with van der Waals surface area (Å²) in [6, 6.07) is 1.66. The number of hydrogen-bond donors (Lipinski definition) is 1. The van der Waals surface area contributed by atoms with E-state index in [1.54, 1.807) is 13.8 Å². The molecule has 3 heterocycles. The molecular formula is C21H26F5N5O2. The van der Waals surface area contributed by atoms with Crippen molar-refractivity contribution in [1.29, 1.82) is 0 Å². The van der Waals surface area contributed by atoms with Crippen molar-refractivity contribution in [3.8, 4) is 5.88 Å². The first-order valence-electron chi connectivity index (χ1n) is 10.3. The number of carbonyl (C=O) groups excluding carboxylic acids is 1. The highest BCUT2D eigenvalue weighted by Crippen LogP contribution is 2.35. The summed E-state index contributed by atoms with van der Waals surface area (Å²) in [5.74, 6) is -1.29. The molecule has 33 heavy (non-hydrogen) atoms. The van der Waals surface area contributed by atoms with Gasteiger partial charge in [-0.15, -0.1) is 0 Å². The molecule has 0 bridgehead atoms. The van der Waals surface area contributed by atoms with Gasteiger partial charge in [-0.1, -0.05) is 0 Å². The Morgan fingerprint density at radius 1 is 1.33 bits per heavy atom. The number of halogens is 5. The smallest absolute Gasteiger partial charge is 0.421 e. The second kappa shape index (κ2) is 9.62. The fraction of sp³-hybridized carbons (Fsp3) is 0.571. The number of amides is 1. The second-order valence-corrected chi connectivity index (χ2v) is 8.80. The molecule has 12 heteroatoms. The van der Waals surface area contributed by atoms with Crippen molar-refractivity contribution in [2.75, 3.05) is 26.7 Å². The second-order valence-electron chi connectivity index (χ2n) is 8.80. The minimum Gasteiger partial charge on any atom is -0.476 e. The van der Waals surface area contributed by atoms with Gasteiger partial charge in [0.05, 0.1) is 11.6 Å². The van der Waals surface area contributed by atoms with Crippen LogP contribution in [0.1, 0.15) is 43.9 Å². The topological polar surface area (TPSA) is 72.3 Å². The lowest BCUT2D eigenvalue weighted by atomic mass is 9.86. The molecular weight excluding hydrogens is 449 g/mol. The van der Waals surface area contributed by atoms with Crippen molar-refractivity contribution < 1.29 is 31.5 Å². The average molecular weight is 475 g/mol. The van der Waals surface area contributed by atoms with Gasteiger partial charge in [-0.25, -0.2) is 9.67 Å². The third-order valence-corrected chi connectivity index (χ3v) is 5.64. The number of nitrogens with zero attached hydrogens (tertiary/aromatic N) is 4. The van der Waals surface area contributed by atoms with Crippen LogP contribution in [0.4, 0.5) is 22.0 Å². The Morgan fingerprint density at radius 3 is 2.70 bits per heavy atom. The summed E-state index contributed by atoms with van der Waals surface area (Å²) in [6.07, 6.45) is -0.257. The largest absolute Gasteiger partial charge is 0.476 e. The van der Waals surface area contributed by atoms with Gasteiger partial charge >= 0.3 is 12.7 Å². The molecule has 182 valence electrons. The number of rotatable bonds is 7. The van der Waals surface area contributed by atoms with E-state index >= 15 is 0 Å². The molecule has 1 fully saturated rings. The first-order valence-corrected chi connectivity index (χ1v) is 10.3. The van der Waals surface area contributed by atoms with Gasteiger partial charge in [-0.3, -0.25) is 4.79 Å². The van der Waals surface area contributed by atoms with E-state index < -0.39 is 35.5 Å². The standard InChI is InChI=1S/C21H26F5N5O2/c1-20(2,12-33-17-15(21(24,25)26)5-4-7-27-17)18(32)29-16-6-8-30(3)11-14(16)13-9-28-31(10-13)19(22)23/h4-5,7,9-10,14,16,19H,6,8,11-12H2,1-3H3,(H,29,32). The summed E-state index contributed by atoms with van der Waals surface area (Å²) >= 11 is 0. The summed E-state index contributed by atoms with van der Waals surface area (Å²) in [4.78, 5) is 18.7. The Labute approximate surface area is 187 Å². The molecule has 1 amide bonds. The molecule has 1 aliphatic rings. The quantitative estimate of drug-likeness (QED) is 0.619. The fourth-order valence-corrected chi connectivity index (χ4v) is 3.68. The van der Waals surface area contributed by atoms with Crippen molar-refractivity contribution in [3.63, 3.8) is 0 Å². The molecule has 1 aliphatic heterocycles. The molecule has 2 aromatic heterocycles. The van der Waals surface area contributed by atoms with Crippen molar-refractivity contribution in [2.24, 2.45) is 5.41 Å². The maximum Gasteiger partial charge on any atom is 0.421 e. The van der Waals surface area contributed by atoms with Gasteiger partial charge in [0.15, 0.2) is 0 Å². The predicted octanol–water partition coefficient (Wildman–Crippen LogP) is 3.70. The number of hydrogen-bond acceptors (Lipinski definition) is 5. The van der Waals surface area contributed by atoms with Crippen LogP contribution >= 0.6 is 0 Å². The maximum absolute atomic E-state index is 13.2. The van der Waals surface area contributed by atoms with E-state index in [4.69, 9.17) is 4.74 Å². The Bertz CT molecular complexity index is 963. The van der Waals surface area contributed by atoms with Crippen LogP contribution in [0, 0.1) is 5.41 Å². The van der Waals surface area contributed by atoms with Crippen LogP contribution < -0.4 is 10.1 Å². The highest BCUT2D eigenvalue weighted by Gasteiger charge is 2.38. The molecule has 1 N–H and O–H groups in total. The molecule has 0 radical (unpaired) electrons. The summed E-state index contributed by atoms with van der Waals surface area (Å²) in [5.41, 5.74) is -1.63. The summed E-state index contributed by atoms with van der Waals surface area (Å²) in [6.45, 7) is 1.22. The van der Waals surface area contributed by atoms with Crippen LogP contribution in [0.2, 0.25) is 0 Å². The minimum absolute atomic E-state index is 0.274. The Morgan fingerprint density at radius 2 is 2.06 bits per heavy atom. The number of likely N-dealkylation sites (tertiary alicyclic amines) is 1. The van der Waals surface area contributed by atoms with E-state index in [-0.39, 0.29) is 18.6 Å². The maximum atomic E-state index is 13.2. The van der Waals surface area contributed by atoms with Crippen LogP contribution in [0.3, 0.4) is 0 Å². The van der Waals surface area contributed by atoms with E-state index in [1.807, 2.05) is 11.9 Å². The van der Waals surface area contributed by atoms with E-state index in [0.29, 0.717) is 29.8 Å². The lowest BCUT2D eigenvalue weighted by Gasteiger charge is -2.38. The van der Waals surface area contributed by atoms with Crippen LogP contribution in [-0.4, -0.2) is 58.4 Å². The predicted molar refractivity (Wildman–Crippen MR) is 109 cm³/mol. The van der Waals surface area contributed by atoms with Crippen LogP contribution in [0.25, 0.3) is 0 Å². The lowest BCUT2D eigenvalue weighted by Crippen LogP contribution is -2.52. The third kappa shape index (κ3) is 5.98. The Balaban J connectivity index is 1.70. The van der Waals surface area contributed by atoms with E-state index in [2.05, 4.69) is 15.4 Å². The molecule has 7 nitrogen and oxygen atoms in total. The van der Waals surface area contributed by atoms with Crippen molar-refractivity contribution in [3.05, 3.63) is 41.9 Å². The fourth-order valence-electron chi connectivity index (χ4n) is 3.68. The number of alkyl halides is 5. The van der Waals surface area contributed by atoms with Gasteiger partial charge in [0, 0.05) is 30.9 Å². The molecule has 3 rings (SSSR count). The Hall–Kier alpha value is -2.76. The van der Waals surface area contributed by atoms with Crippen molar-refractivity contribution >= 4 is 5.91 Å². The summed E-state index contributed by atoms with van der Waals surface area (Å²) < 4.78 is 71.3. The zero-order valence-corrected chi connectivity index (χ0v) is 18.4. The zero-order valence-electron chi connectivity index (χ0n) is 18.4. The first kappa shape index (κ1) is 24.9. The van der Waals surface area contributed by atoms with Crippen LogP contribution in [0.15, 0.2) is 30.7 Å². The average Bonchev–Trinajstić information content (AvgIpc) is 3.23. The summed E-state index contributed by atoms with van der Waals surface area (Å²) in [7, 11) is 1.89. The number of nitrogens with one attached hydrogen (secondary N) is 1. The highest BCUT2D eigenvalue weighted by molar-refractivity contribution is 5.82. The Kier molecular flexibility index (Phi) is 7.25. The van der Waals surface area contributed by atoms with Gasteiger partial charge in [-0.05, 0) is 51.6 Å². The van der Waals surface area contributed by atoms with Gasteiger partial charge in [0.25, 0.3) is 0 Å². The lowest BCUT2D eigenvalue weighted by molar-refractivity contribution is -0.139. The SMILES string of the molecule is CN1CCC(NC(=O)C(C)(C)COc2ncccc2C(F)(F)F)C(c2cnn(C(F)F)c2)C1. The third-order valence-electron chi connectivity index (χ3n) is 5.64. The molecule has 0 aromatic carbocycles. The minimum atomic E-state index is -4.64. The van der Waals surface area contributed by atoms with Crippen molar-refractivity contribution in [2.45, 2.75) is 45.0 Å². The molecule has 1 saturated heterocycles. The number of ether oxygens (including phenoxy) is 1. The molecule has 0 aliphatic carbocycles. The van der Waals surface area contributed by atoms with Gasteiger partial charge < -0.3 is 15.0 Å². The van der Waals surface area contributed by atoms with Crippen molar-refractivity contribution in [1.82, 2.24) is 25.0 Å². The number of carbonyl (C=O) groups is 1. The molecule has 2 atom stereocenters. The monoisotopic (exact) mass is 475 g/mol. The van der Waals surface area contributed by atoms with E-state index in [9.17, 15) is 26.7 Å². The number of aromatic nitrogens is 3. The number of piperidine rings is 1. The summed E-state index contributed by atoms with van der Waals surface area (Å²) in [5, 5.41) is 6.62. The van der Waals surface area contributed by atoms with Gasteiger partial charge in [0.1, 0.15) is 12.2 Å². The first-order chi connectivity index (χ1) is 15.4. The van der Waals surface area contributed by atoms with Gasteiger partial charge in [-0.2, -0.15) is 27.1 Å². The molecule has 0 spiro atoms.